The van der Waals surface area contributed by atoms with Gasteiger partial charge in [0.1, 0.15) is 6.04 Å². The van der Waals surface area contributed by atoms with Crippen molar-refractivity contribution < 1.29 is 9.53 Å². The minimum atomic E-state index is -0.183. The first kappa shape index (κ1) is 16.7. The third-order valence-corrected chi connectivity index (χ3v) is 4.43. The van der Waals surface area contributed by atoms with Crippen molar-refractivity contribution >= 4 is 18.3 Å². The minimum Gasteiger partial charge on any atom is -0.375 e. The second kappa shape index (κ2) is 7.46. The van der Waals surface area contributed by atoms with Gasteiger partial charge in [0.05, 0.1) is 12.7 Å². The molecule has 0 bridgehead atoms. The Morgan fingerprint density at radius 3 is 2.74 bits per heavy atom. The summed E-state index contributed by atoms with van der Waals surface area (Å²) in [4.78, 5) is 12.1. The molecule has 1 aliphatic carbocycles. The van der Waals surface area contributed by atoms with Crippen molar-refractivity contribution in [3.8, 4) is 0 Å². The Morgan fingerprint density at radius 2 is 2.21 bits per heavy atom. The lowest BCUT2D eigenvalue weighted by Gasteiger charge is -2.42. The molecule has 2 rings (SSSR count). The number of morpholine rings is 1. The molecule has 0 aromatic carbocycles. The Hall–Kier alpha value is -0.320. The van der Waals surface area contributed by atoms with Crippen LogP contribution in [0.3, 0.4) is 0 Å². The zero-order chi connectivity index (χ0) is 13.0. The Kier molecular flexibility index (Phi) is 6.57. The van der Waals surface area contributed by atoms with Gasteiger partial charge >= 0.3 is 0 Å². The van der Waals surface area contributed by atoms with E-state index < -0.39 is 0 Å². The molecule has 19 heavy (non-hydrogen) atoms. The molecule has 0 unspecified atom stereocenters. The van der Waals surface area contributed by atoms with Crippen molar-refractivity contribution in [3.63, 3.8) is 0 Å². The molecular formula is C14H27ClN2O2. The predicted molar refractivity (Wildman–Crippen MR) is 78.7 cm³/mol. The topological polar surface area (TPSA) is 50.4 Å². The molecule has 112 valence electrons. The molecule has 1 saturated heterocycles. The van der Waals surface area contributed by atoms with E-state index in [-0.39, 0.29) is 30.5 Å². The van der Waals surface area contributed by atoms with E-state index >= 15 is 0 Å². The van der Waals surface area contributed by atoms with E-state index in [1.54, 1.807) is 0 Å². The maximum atomic E-state index is 12.1. The smallest absolute Gasteiger partial charge is 0.239 e. The van der Waals surface area contributed by atoms with Crippen molar-refractivity contribution in [2.24, 2.45) is 5.41 Å². The average Bonchev–Trinajstić information content (AvgIpc) is 2.32. The monoisotopic (exact) mass is 290 g/mol. The summed E-state index contributed by atoms with van der Waals surface area (Å²) in [6.45, 7) is 6.49. The molecule has 1 aliphatic heterocycles. The van der Waals surface area contributed by atoms with E-state index in [1.807, 2.05) is 6.92 Å². The number of halogens is 1. The largest absolute Gasteiger partial charge is 0.375 e. The Morgan fingerprint density at radius 1 is 1.47 bits per heavy atom. The van der Waals surface area contributed by atoms with Crippen LogP contribution in [0, 0.1) is 5.41 Å². The second-order valence-corrected chi connectivity index (χ2v) is 5.83. The summed E-state index contributed by atoms with van der Waals surface area (Å²) in [6.07, 6.45) is 6.27. The van der Waals surface area contributed by atoms with Crippen molar-refractivity contribution in [2.75, 3.05) is 19.7 Å². The summed E-state index contributed by atoms with van der Waals surface area (Å²) in [5.74, 6) is 0.101. The number of amides is 1. The summed E-state index contributed by atoms with van der Waals surface area (Å²) in [6, 6.07) is -0.183. The quantitative estimate of drug-likeness (QED) is 0.813. The van der Waals surface area contributed by atoms with Crippen LogP contribution in [0.25, 0.3) is 0 Å². The van der Waals surface area contributed by atoms with Gasteiger partial charge in [-0.05, 0) is 31.6 Å². The fourth-order valence-electron chi connectivity index (χ4n) is 3.13. The fraction of sp³-hybridized carbons (Fsp3) is 0.929. The molecule has 0 radical (unpaired) electrons. The van der Waals surface area contributed by atoms with Gasteiger partial charge in [-0.1, -0.05) is 19.8 Å². The zero-order valence-electron chi connectivity index (χ0n) is 12.0. The van der Waals surface area contributed by atoms with Gasteiger partial charge < -0.3 is 15.4 Å². The molecule has 0 spiro atoms. The molecule has 4 nitrogen and oxygen atoms in total. The number of hydrogen-bond donors (Lipinski definition) is 2. The Labute approximate surface area is 122 Å². The summed E-state index contributed by atoms with van der Waals surface area (Å²) in [7, 11) is 0. The first-order valence-corrected chi connectivity index (χ1v) is 7.29. The van der Waals surface area contributed by atoms with E-state index in [9.17, 15) is 4.79 Å². The minimum absolute atomic E-state index is 0. The van der Waals surface area contributed by atoms with Gasteiger partial charge in [-0.2, -0.15) is 0 Å². The van der Waals surface area contributed by atoms with Gasteiger partial charge in [0, 0.05) is 13.1 Å². The highest BCUT2D eigenvalue weighted by Crippen LogP contribution is 2.44. The molecule has 1 saturated carbocycles. The number of carbonyl (C=O) groups excluding carboxylic acids is 1. The van der Waals surface area contributed by atoms with Crippen LogP contribution in [0.5, 0.6) is 0 Å². The maximum absolute atomic E-state index is 12.1. The number of rotatable bonds is 5. The zero-order valence-corrected chi connectivity index (χ0v) is 12.9. The summed E-state index contributed by atoms with van der Waals surface area (Å²) in [5, 5.41) is 6.36. The van der Waals surface area contributed by atoms with Crippen LogP contribution in [0.1, 0.15) is 46.0 Å². The lowest BCUT2D eigenvalue weighted by Crippen LogP contribution is -2.57. The van der Waals surface area contributed by atoms with Crippen LogP contribution in [0.2, 0.25) is 0 Å². The molecule has 1 heterocycles. The van der Waals surface area contributed by atoms with E-state index in [1.165, 1.54) is 32.1 Å². The van der Waals surface area contributed by atoms with Crippen molar-refractivity contribution in [1.82, 2.24) is 10.6 Å². The number of hydrogen-bond acceptors (Lipinski definition) is 3. The van der Waals surface area contributed by atoms with E-state index in [2.05, 4.69) is 17.6 Å². The van der Waals surface area contributed by atoms with Gasteiger partial charge in [-0.3, -0.25) is 4.79 Å². The van der Waals surface area contributed by atoms with E-state index in [0.29, 0.717) is 12.0 Å². The van der Waals surface area contributed by atoms with Crippen LogP contribution in [-0.4, -0.2) is 37.7 Å². The number of nitrogens with one attached hydrogen (secondary N) is 2. The fourth-order valence-corrected chi connectivity index (χ4v) is 3.13. The first-order valence-electron chi connectivity index (χ1n) is 7.29. The molecule has 1 amide bonds. The third kappa shape index (κ3) is 4.07. The second-order valence-electron chi connectivity index (χ2n) is 5.83. The summed E-state index contributed by atoms with van der Waals surface area (Å²) < 4.78 is 5.51. The summed E-state index contributed by atoms with van der Waals surface area (Å²) in [5.41, 5.74) is 0.392. The van der Waals surface area contributed by atoms with Crippen LogP contribution in [-0.2, 0) is 9.53 Å². The normalized spacial score (nSPS) is 28.9. The number of carbonyl (C=O) groups is 1. The highest BCUT2D eigenvalue weighted by molar-refractivity contribution is 5.85. The van der Waals surface area contributed by atoms with E-state index in [4.69, 9.17) is 4.74 Å². The van der Waals surface area contributed by atoms with Crippen molar-refractivity contribution in [1.29, 1.82) is 0 Å². The molecule has 5 heteroatoms. The van der Waals surface area contributed by atoms with Crippen LogP contribution < -0.4 is 10.6 Å². The van der Waals surface area contributed by atoms with Gasteiger partial charge in [-0.25, -0.2) is 0 Å². The Bertz CT molecular complexity index is 295. The molecule has 0 aromatic rings. The van der Waals surface area contributed by atoms with Crippen LogP contribution in [0.15, 0.2) is 0 Å². The highest BCUT2D eigenvalue weighted by atomic mass is 35.5. The van der Waals surface area contributed by atoms with Gasteiger partial charge in [0.2, 0.25) is 5.91 Å². The van der Waals surface area contributed by atoms with Gasteiger partial charge in [-0.15, -0.1) is 12.4 Å². The molecule has 2 atom stereocenters. The SMILES string of the molecule is CCCC1(CNC(=O)[C@H]2NCCO[C@@H]2C)CCC1.Cl. The highest BCUT2D eigenvalue weighted by Gasteiger charge is 2.37. The predicted octanol–water partition coefficient (Wildman–Crippen LogP) is 1.87. The standard InChI is InChI=1S/C14H26N2O2.ClH/c1-3-5-14(6-4-7-14)10-16-13(17)12-11(2)18-9-8-15-12;/h11-12,15H,3-10H2,1-2H3,(H,16,17);1H/t11-,12+;/m1./s1. The lowest BCUT2D eigenvalue weighted by molar-refractivity contribution is -0.129. The molecular weight excluding hydrogens is 264 g/mol. The van der Waals surface area contributed by atoms with Gasteiger partial charge in [0.15, 0.2) is 0 Å². The van der Waals surface area contributed by atoms with Crippen LogP contribution in [0.4, 0.5) is 0 Å². The maximum Gasteiger partial charge on any atom is 0.239 e. The lowest BCUT2D eigenvalue weighted by atomic mass is 9.66. The Balaban J connectivity index is 0.00000180. The molecule has 2 fully saturated rings. The van der Waals surface area contributed by atoms with E-state index in [0.717, 1.165) is 13.1 Å². The van der Waals surface area contributed by atoms with Crippen molar-refractivity contribution in [3.05, 3.63) is 0 Å². The third-order valence-electron chi connectivity index (χ3n) is 4.43. The van der Waals surface area contributed by atoms with Crippen molar-refractivity contribution in [2.45, 2.75) is 58.1 Å². The molecule has 0 aromatic heterocycles. The summed E-state index contributed by atoms with van der Waals surface area (Å²) >= 11 is 0. The van der Waals surface area contributed by atoms with Gasteiger partial charge in [0.25, 0.3) is 0 Å². The number of ether oxygens (including phenoxy) is 1. The van der Waals surface area contributed by atoms with Crippen LogP contribution >= 0.6 is 12.4 Å². The molecule has 2 N–H and O–H groups in total. The molecule has 2 aliphatic rings. The average molecular weight is 291 g/mol. The first-order chi connectivity index (χ1) is 8.67.